The highest BCUT2D eigenvalue weighted by Crippen LogP contribution is 2.39. The number of carbonyl (C=O) groups is 2. The molecule has 2 atom stereocenters. The Morgan fingerprint density at radius 3 is 2.60 bits per heavy atom. The Hall–Kier alpha value is -1.11. The number of carboxylic acid groups (broad SMARTS) is 1. The maximum Gasteiger partial charge on any atom is 0.308 e. The van der Waals surface area contributed by atoms with E-state index in [-0.39, 0.29) is 18.6 Å². The highest BCUT2D eigenvalue weighted by atomic mass is 32.2. The smallest absolute Gasteiger partial charge is 0.308 e. The summed E-state index contributed by atoms with van der Waals surface area (Å²) in [6, 6.07) is -0.639. The van der Waals surface area contributed by atoms with Gasteiger partial charge in [0, 0.05) is 6.42 Å². The van der Waals surface area contributed by atoms with Crippen LogP contribution in [-0.4, -0.2) is 41.5 Å². The summed E-state index contributed by atoms with van der Waals surface area (Å²) in [5.74, 6) is -2.26. The average molecular weight is 233 g/mol. The molecule has 1 aliphatic heterocycles. The van der Waals surface area contributed by atoms with Crippen molar-refractivity contribution < 1.29 is 23.1 Å². The lowest BCUT2D eigenvalue weighted by atomic mass is 10.3. The molecule has 2 rings (SSSR count). The van der Waals surface area contributed by atoms with Crippen molar-refractivity contribution >= 4 is 21.9 Å². The molecule has 2 fully saturated rings. The van der Waals surface area contributed by atoms with Crippen LogP contribution in [0.25, 0.3) is 0 Å². The molecule has 0 bridgehead atoms. The summed E-state index contributed by atoms with van der Waals surface area (Å²) in [5, 5.41) is 8.68. The molecule has 0 radical (unpaired) electrons. The number of carbonyl (C=O) groups excluding carboxylic acids is 1. The number of rotatable bonds is 2. The van der Waals surface area contributed by atoms with Crippen molar-refractivity contribution in [2.45, 2.75) is 25.3 Å². The number of nitrogens with zero attached hydrogens (tertiary/aromatic N) is 1. The van der Waals surface area contributed by atoms with Gasteiger partial charge < -0.3 is 5.11 Å². The molecule has 1 heterocycles. The predicted octanol–water partition coefficient (Wildman–Crippen LogP) is -0.588. The summed E-state index contributed by atoms with van der Waals surface area (Å²) in [7, 11) is -3.56. The molecule has 0 aromatic heterocycles. The van der Waals surface area contributed by atoms with E-state index in [4.69, 9.17) is 5.11 Å². The minimum Gasteiger partial charge on any atom is -0.481 e. The highest BCUT2D eigenvalue weighted by Gasteiger charge is 2.53. The zero-order valence-electron chi connectivity index (χ0n) is 7.92. The van der Waals surface area contributed by atoms with E-state index in [1.807, 2.05) is 0 Å². The van der Waals surface area contributed by atoms with E-state index in [1.165, 1.54) is 0 Å². The topological polar surface area (TPSA) is 91.8 Å². The van der Waals surface area contributed by atoms with E-state index < -0.39 is 33.9 Å². The van der Waals surface area contributed by atoms with Gasteiger partial charge in [-0.15, -0.1) is 0 Å². The van der Waals surface area contributed by atoms with Crippen molar-refractivity contribution in [3.63, 3.8) is 0 Å². The van der Waals surface area contributed by atoms with Gasteiger partial charge in [-0.2, -0.15) is 0 Å². The maximum absolute atomic E-state index is 11.6. The zero-order valence-corrected chi connectivity index (χ0v) is 8.74. The van der Waals surface area contributed by atoms with Crippen LogP contribution >= 0.6 is 0 Å². The molecule has 0 aromatic carbocycles. The minimum absolute atomic E-state index is 0.0540. The third-order valence-electron chi connectivity index (χ3n) is 2.71. The molecule has 1 N–H and O–H groups in total. The van der Waals surface area contributed by atoms with Crippen molar-refractivity contribution in [3.8, 4) is 0 Å². The van der Waals surface area contributed by atoms with Gasteiger partial charge in [0.25, 0.3) is 0 Å². The fourth-order valence-electron chi connectivity index (χ4n) is 1.87. The summed E-state index contributed by atoms with van der Waals surface area (Å²) in [5.41, 5.74) is 0. The third-order valence-corrected chi connectivity index (χ3v) is 4.59. The van der Waals surface area contributed by atoms with E-state index in [2.05, 4.69) is 0 Å². The summed E-state index contributed by atoms with van der Waals surface area (Å²) in [6.07, 6.45) is 0.782. The molecule has 6 nitrogen and oxygen atoms in total. The Kier molecular flexibility index (Phi) is 2.22. The first kappa shape index (κ1) is 10.4. The lowest BCUT2D eigenvalue weighted by Gasteiger charge is -2.26. The van der Waals surface area contributed by atoms with Gasteiger partial charge in [0.2, 0.25) is 15.9 Å². The van der Waals surface area contributed by atoms with Crippen LogP contribution < -0.4 is 0 Å². The van der Waals surface area contributed by atoms with Gasteiger partial charge in [-0.25, -0.2) is 12.7 Å². The van der Waals surface area contributed by atoms with Crippen LogP contribution in [0.4, 0.5) is 0 Å². The zero-order chi connectivity index (χ0) is 11.2. The second-order valence-electron chi connectivity index (χ2n) is 3.86. The molecule has 15 heavy (non-hydrogen) atoms. The summed E-state index contributed by atoms with van der Waals surface area (Å²) >= 11 is 0. The Morgan fingerprint density at radius 1 is 1.47 bits per heavy atom. The fraction of sp³-hybridized carbons (Fsp3) is 0.750. The predicted molar refractivity (Wildman–Crippen MR) is 49.4 cm³/mol. The molecule has 1 saturated carbocycles. The molecular weight excluding hydrogens is 222 g/mol. The number of hydrogen-bond acceptors (Lipinski definition) is 4. The van der Waals surface area contributed by atoms with Crippen LogP contribution in [0.1, 0.15) is 19.3 Å². The molecular formula is C8H11NO5S. The molecule has 0 spiro atoms. The maximum atomic E-state index is 11.6. The van der Waals surface area contributed by atoms with Crippen molar-refractivity contribution in [1.82, 2.24) is 4.31 Å². The van der Waals surface area contributed by atoms with Gasteiger partial charge in [0.1, 0.15) is 0 Å². The summed E-state index contributed by atoms with van der Waals surface area (Å²) < 4.78 is 23.9. The summed E-state index contributed by atoms with van der Waals surface area (Å²) in [6.45, 7) is 0. The molecule has 1 saturated heterocycles. The van der Waals surface area contributed by atoms with E-state index in [1.54, 1.807) is 0 Å². The Morgan fingerprint density at radius 2 is 2.13 bits per heavy atom. The second kappa shape index (κ2) is 3.19. The molecule has 2 aliphatic rings. The van der Waals surface area contributed by atoms with Crippen molar-refractivity contribution in [3.05, 3.63) is 0 Å². The number of sulfonamides is 1. The van der Waals surface area contributed by atoms with Crippen LogP contribution in [-0.2, 0) is 19.6 Å². The lowest BCUT2D eigenvalue weighted by Crippen LogP contribution is -2.44. The SMILES string of the molecule is O=C(O)C1CC1N1C(=O)CCCS1(=O)=O. The first-order valence-corrected chi connectivity index (χ1v) is 6.32. The van der Waals surface area contributed by atoms with Crippen molar-refractivity contribution in [2.75, 3.05) is 5.75 Å². The average Bonchev–Trinajstić information content (AvgIpc) is 2.81. The first-order valence-electron chi connectivity index (χ1n) is 4.71. The molecule has 7 heteroatoms. The van der Waals surface area contributed by atoms with Crippen LogP contribution in [0.2, 0.25) is 0 Å². The van der Waals surface area contributed by atoms with E-state index in [9.17, 15) is 18.0 Å². The van der Waals surface area contributed by atoms with Gasteiger partial charge in [-0.1, -0.05) is 0 Å². The van der Waals surface area contributed by atoms with Gasteiger partial charge in [0.05, 0.1) is 17.7 Å². The van der Waals surface area contributed by atoms with Crippen molar-refractivity contribution in [1.29, 1.82) is 0 Å². The molecule has 1 amide bonds. The van der Waals surface area contributed by atoms with Crippen LogP contribution in [0.5, 0.6) is 0 Å². The Bertz CT molecular complexity index is 415. The minimum atomic E-state index is -3.56. The van der Waals surface area contributed by atoms with Crippen LogP contribution in [0, 0.1) is 5.92 Å². The summed E-state index contributed by atoms with van der Waals surface area (Å²) in [4.78, 5) is 22.0. The van der Waals surface area contributed by atoms with Crippen LogP contribution in [0.15, 0.2) is 0 Å². The van der Waals surface area contributed by atoms with Gasteiger partial charge >= 0.3 is 5.97 Å². The fourth-order valence-corrected chi connectivity index (χ4v) is 3.62. The van der Waals surface area contributed by atoms with Gasteiger partial charge in [0.15, 0.2) is 0 Å². The second-order valence-corrected chi connectivity index (χ2v) is 5.82. The first-order chi connectivity index (χ1) is 6.93. The molecule has 2 unspecified atom stereocenters. The number of amides is 1. The quantitative estimate of drug-likeness (QED) is 0.688. The van der Waals surface area contributed by atoms with E-state index in [0.717, 1.165) is 4.31 Å². The van der Waals surface area contributed by atoms with Crippen molar-refractivity contribution in [2.24, 2.45) is 5.92 Å². The standard InChI is InChI=1S/C8H11NO5S/c10-7-2-1-3-15(13,14)9(7)6-4-5(6)8(11)12/h5-6H,1-4H2,(H,11,12). The van der Waals surface area contributed by atoms with E-state index in [0.29, 0.717) is 6.42 Å². The lowest BCUT2D eigenvalue weighted by molar-refractivity contribution is -0.139. The monoisotopic (exact) mass is 233 g/mol. The van der Waals surface area contributed by atoms with Crippen LogP contribution in [0.3, 0.4) is 0 Å². The van der Waals surface area contributed by atoms with E-state index >= 15 is 0 Å². The van der Waals surface area contributed by atoms with Gasteiger partial charge in [-0.3, -0.25) is 9.59 Å². The Balaban J connectivity index is 2.20. The Labute approximate surface area is 86.9 Å². The normalized spacial score (nSPS) is 33.9. The largest absolute Gasteiger partial charge is 0.481 e. The number of carboxylic acids is 1. The third kappa shape index (κ3) is 1.71. The number of aliphatic carboxylic acids is 1. The molecule has 1 aliphatic carbocycles. The number of hydrogen-bond donors (Lipinski definition) is 1. The molecule has 0 aromatic rings. The molecule has 84 valence electrons. The highest BCUT2D eigenvalue weighted by molar-refractivity contribution is 7.89. The van der Waals surface area contributed by atoms with Gasteiger partial charge in [-0.05, 0) is 12.8 Å².